The van der Waals surface area contributed by atoms with Gasteiger partial charge >= 0.3 is 0 Å². The van der Waals surface area contributed by atoms with E-state index in [4.69, 9.17) is 11.6 Å². The molecule has 0 radical (unpaired) electrons. The normalized spacial score (nSPS) is 28.4. The lowest BCUT2D eigenvalue weighted by molar-refractivity contribution is 0.547. The molecule has 1 fully saturated rings. The van der Waals surface area contributed by atoms with Crippen molar-refractivity contribution < 1.29 is 0 Å². The van der Waals surface area contributed by atoms with Crippen molar-refractivity contribution in [1.82, 2.24) is 5.32 Å². The lowest BCUT2D eigenvalue weighted by Crippen LogP contribution is -2.37. The van der Waals surface area contributed by atoms with Crippen LogP contribution in [0.2, 0.25) is 5.02 Å². The van der Waals surface area contributed by atoms with Crippen molar-refractivity contribution >= 4 is 35.1 Å². The quantitative estimate of drug-likeness (QED) is 0.841. The van der Waals surface area contributed by atoms with Gasteiger partial charge in [-0.25, -0.2) is 0 Å². The van der Waals surface area contributed by atoms with E-state index in [0.717, 1.165) is 22.4 Å². The van der Waals surface area contributed by atoms with Gasteiger partial charge in [0.25, 0.3) is 0 Å². The van der Waals surface area contributed by atoms with Gasteiger partial charge in [-0.05, 0) is 30.7 Å². The second-order valence-electron chi connectivity index (χ2n) is 5.46. The molecule has 1 aromatic rings. The highest BCUT2D eigenvalue weighted by molar-refractivity contribution is 8.07. The maximum atomic E-state index is 6.31. The SMILES string of the molecule is CCNC(c1ccc(C)c(Cl)c1)C1CSC(C)C(C)S1. The van der Waals surface area contributed by atoms with Crippen LogP contribution in [0.15, 0.2) is 18.2 Å². The third-order valence-corrected chi connectivity index (χ3v) is 7.83. The number of benzene rings is 1. The third-order valence-electron chi connectivity index (χ3n) is 3.92. The van der Waals surface area contributed by atoms with Crippen molar-refractivity contribution in [2.24, 2.45) is 0 Å². The van der Waals surface area contributed by atoms with E-state index < -0.39 is 0 Å². The van der Waals surface area contributed by atoms with E-state index in [9.17, 15) is 0 Å². The fourth-order valence-electron chi connectivity index (χ4n) is 2.47. The molecule has 0 bridgehead atoms. The Labute approximate surface area is 136 Å². The second kappa shape index (κ2) is 7.44. The van der Waals surface area contributed by atoms with E-state index in [1.807, 2.05) is 0 Å². The molecule has 1 heterocycles. The molecule has 0 amide bonds. The molecule has 1 aliphatic rings. The molecule has 1 aromatic carbocycles. The Bertz CT molecular complexity index is 452. The largest absolute Gasteiger partial charge is 0.309 e. The molecule has 2 rings (SSSR count). The van der Waals surface area contributed by atoms with Crippen LogP contribution in [0.4, 0.5) is 0 Å². The second-order valence-corrected chi connectivity index (χ2v) is 8.90. The van der Waals surface area contributed by atoms with E-state index in [1.54, 1.807) is 0 Å². The third kappa shape index (κ3) is 3.88. The minimum absolute atomic E-state index is 0.394. The summed E-state index contributed by atoms with van der Waals surface area (Å²) in [5.74, 6) is 1.21. The van der Waals surface area contributed by atoms with E-state index in [1.165, 1.54) is 11.3 Å². The number of halogens is 1. The van der Waals surface area contributed by atoms with Crippen LogP contribution in [0.3, 0.4) is 0 Å². The highest BCUT2D eigenvalue weighted by Gasteiger charge is 2.31. The summed E-state index contributed by atoms with van der Waals surface area (Å²) in [6.07, 6.45) is 0. The molecule has 0 spiro atoms. The Morgan fingerprint density at radius 3 is 2.70 bits per heavy atom. The molecule has 4 atom stereocenters. The molecule has 1 aliphatic heterocycles. The van der Waals surface area contributed by atoms with Crippen molar-refractivity contribution in [3.63, 3.8) is 0 Å². The van der Waals surface area contributed by atoms with Crippen LogP contribution >= 0.6 is 35.1 Å². The lowest BCUT2D eigenvalue weighted by atomic mass is 10.0. The molecule has 4 heteroatoms. The topological polar surface area (TPSA) is 12.0 Å². The van der Waals surface area contributed by atoms with Crippen LogP contribution < -0.4 is 5.32 Å². The standard InChI is InChI=1S/C16H24ClNS2/c1-5-18-16(13-7-6-10(2)14(17)8-13)15-9-19-11(3)12(4)20-15/h6-8,11-12,15-16,18H,5,9H2,1-4H3. The summed E-state index contributed by atoms with van der Waals surface area (Å²) in [5, 5.41) is 6.61. The summed E-state index contributed by atoms with van der Waals surface area (Å²) in [5.41, 5.74) is 2.47. The van der Waals surface area contributed by atoms with Crippen molar-refractivity contribution in [2.45, 2.75) is 49.5 Å². The maximum absolute atomic E-state index is 6.31. The van der Waals surface area contributed by atoms with Crippen LogP contribution in [0.5, 0.6) is 0 Å². The first-order valence-corrected chi connectivity index (χ1v) is 9.66. The Morgan fingerprint density at radius 1 is 1.35 bits per heavy atom. The summed E-state index contributed by atoms with van der Waals surface area (Å²) in [7, 11) is 0. The number of rotatable bonds is 4. The van der Waals surface area contributed by atoms with E-state index in [-0.39, 0.29) is 0 Å². The fraction of sp³-hybridized carbons (Fsp3) is 0.625. The molecule has 4 unspecified atom stereocenters. The first-order chi connectivity index (χ1) is 9.52. The predicted octanol–water partition coefficient (Wildman–Crippen LogP) is 4.92. The van der Waals surface area contributed by atoms with Gasteiger partial charge in [0.15, 0.2) is 0 Å². The highest BCUT2D eigenvalue weighted by Crippen LogP contribution is 2.41. The van der Waals surface area contributed by atoms with Crippen molar-refractivity contribution in [3.05, 3.63) is 34.3 Å². The summed E-state index contributed by atoms with van der Waals surface area (Å²) in [4.78, 5) is 0. The fourth-order valence-corrected chi connectivity index (χ4v) is 5.78. The lowest BCUT2D eigenvalue weighted by Gasteiger charge is -2.36. The van der Waals surface area contributed by atoms with Gasteiger partial charge in [-0.3, -0.25) is 0 Å². The molecule has 1 saturated heterocycles. The molecular formula is C16H24ClNS2. The molecule has 1 nitrogen and oxygen atoms in total. The van der Waals surface area contributed by atoms with Crippen LogP contribution in [0.1, 0.15) is 37.9 Å². The molecule has 1 N–H and O–H groups in total. The average molecular weight is 330 g/mol. The number of hydrogen-bond donors (Lipinski definition) is 1. The van der Waals surface area contributed by atoms with Gasteiger partial charge in [0, 0.05) is 32.6 Å². The Hall–Kier alpha value is 0.170. The minimum atomic E-state index is 0.394. The van der Waals surface area contributed by atoms with Crippen LogP contribution in [0, 0.1) is 6.92 Å². The first kappa shape index (κ1) is 16.5. The molecular weight excluding hydrogens is 306 g/mol. The van der Waals surface area contributed by atoms with E-state index >= 15 is 0 Å². The Balaban J connectivity index is 2.19. The average Bonchev–Trinajstić information content (AvgIpc) is 2.43. The smallest absolute Gasteiger partial charge is 0.0449 e. The minimum Gasteiger partial charge on any atom is -0.309 e. The summed E-state index contributed by atoms with van der Waals surface area (Å²) in [6.45, 7) is 9.91. The molecule has 112 valence electrons. The van der Waals surface area contributed by atoms with Gasteiger partial charge < -0.3 is 5.32 Å². The zero-order valence-corrected chi connectivity index (χ0v) is 15.0. The van der Waals surface area contributed by atoms with Gasteiger partial charge in [0.2, 0.25) is 0 Å². The first-order valence-electron chi connectivity index (χ1n) is 7.29. The Kier molecular flexibility index (Phi) is 6.15. The zero-order chi connectivity index (χ0) is 14.7. The van der Waals surface area contributed by atoms with Gasteiger partial charge in [0.05, 0.1) is 0 Å². The number of nitrogens with one attached hydrogen (secondary N) is 1. The molecule has 0 saturated carbocycles. The maximum Gasteiger partial charge on any atom is 0.0449 e. The molecule has 0 aliphatic carbocycles. The summed E-state index contributed by atoms with van der Waals surface area (Å²) >= 11 is 10.5. The molecule has 20 heavy (non-hydrogen) atoms. The number of hydrogen-bond acceptors (Lipinski definition) is 3. The Morgan fingerprint density at radius 2 is 2.10 bits per heavy atom. The van der Waals surface area contributed by atoms with Crippen molar-refractivity contribution in [1.29, 1.82) is 0 Å². The van der Waals surface area contributed by atoms with E-state index in [2.05, 4.69) is 74.7 Å². The van der Waals surface area contributed by atoms with Crippen LogP contribution in [0.25, 0.3) is 0 Å². The van der Waals surface area contributed by atoms with Crippen LogP contribution in [-0.4, -0.2) is 28.0 Å². The summed E-state index contributed by atoms with van der Waals surface area (Å²) < 4.78 is 0. The molecule has 0 aromatic heterocycles. The number of aryl methyl sites for hydroxylation is 1. The van der Waals surface area contributed by atoms with Gasteiger partial charge in [-0.2, -0.15) is 23.5 Å². The zero-order valence-electron chi connectivity index (χ0n) is 12.7. The van der Waals surface area contributed by atoms with Gasteiger partial charge in [-0.1, -0.05) is 44.5 Å². The predicted molar refractivity (Wildman–Crippen MR) is 95.4 cm³/mol. The van der Waals surface area contributed by atoms with Gasteiger partial charge in [-0.15, -0.1) is 0 Å². The van der Waals surface area contributed by atoms with Crippen molar-refractivity contribution in [2.75, 3.05) is 12.3 Å². The van der Waals surface area contributed by atoms with Gasteiger partial charge in [0.1, 0.15) is 0 Å². The number of thioether (sulfide) groups is 2. The highest BCUT2D eigenvalue weighted by atomic mass is 35.5. The summed E-state index contributed by atoms with van der Waals surface area (Å²) in [6, 6.07) is 6.89. The van der Waals surface area contributed by atoms with Crippen molar-refractivity contribution in [3.8, 4) is 0 Å². The van der Waals surface area contributed by atoms with Crippen LogP contribution in [-0.2, 0) is 0 Å². The van der Waals surface area contributed by atoms with E-state index in [0.29, 0.717) is 16.5 Å². The monoisotopic (exact) mass is 329 g/mol.